The molecule has 0 N–H and O–H groups in total. The molecule has 0 aliphatic heterocycles. The average molecular weight is 250 g/mol. The van der Waals surface area contributed by atoms with Crippen LogP contribution in [0.1, 0.15) is 32.1 Å². The summed E-state index contributed by atoms with van der Waals surface area (Å²) in [6.45, 7) is 0. The van der Waals surface area contributed by atoms with E-state index in [1.807, 2.05) is 0 Å². The number of hydrogen-bond acceptors (Lipinski definition) is 0. The van der Waals surface area contributed by atoms with Crippen LogP contribution in [-0.2, 0) is 0 Å². The molecule has 1 rings (SSSR count). The van der Waals surface area contributed by atoms with Crippen LogP contribution < -0.4 is 0 Å². The molecule has 0 atom stereocenters. The summed E-state index contributed by atoms with van der Waals surface area (Å²) >= 11 is 2.44. The Morgan fingerprint density at radius 1 is 1.30 bits per heavy atom. The zero-order valence-corrected chi connectivity index (χ0v) is 8.51. The highest BCUT2D eigenvalue weighted by atomic mass is 127. The fourth-order valence-corrected chi connectivity index (χ4v) is 1.47. The van der Waals surface area contributed by atoms with Gasteiger partial charge in [-0.1, -0.05) is 34.7 Å². The average Bonchev–Trinajstić information content (AvgIpc) is 2.71. The lowest BCUT2D eigenvalue weighted by Gasteiger charge is -1.89. The Hall–Kier alpha value is 0.470. The van der Waals surface area contributed by atoms with Gasteiger partial charge in [-0.2, -0.15) is 0 Å². The molecule has 58 valence electrons. The lowest BCUT2D eigenvalue weighted by atomic mass is 10.2. The van der Waals surface area contributed by atoms with Gasteiger partial charge in [-0.05, 0) is 42.4 Å². The van der Waals surface area contributed by atoms with Gasteiger partial charge in [-0.15, -0.1) is 0 Å². The Morgan fingerprint density at radius 3 is 2.70 bits per heavy atom. The van der Waals surface area contributed by atoms with Crippen LogP contribution in [0.4, 0.5) is 0 Å². The minimum absolute atomic E-state index is 0.972. The Labute approximate surface area is 77.2 Å². The second-order valence-corrected chi connectivity index (χ2v) is 4.03. The Kier molecular flexibility index (Phi) is 4.42. The molecule has 0 amide bonds. The van der Waals surface area contributed by atoms with Crippen molar-refractivity contribution in [3.05, 3.63) is 12.2 Å². The van der Waals surface area contributed by atoms with Crippen LogP contribution in [0, 0.1) is 5.92 Å². The minimum atomic E-state index is 0.972. The topological polar surface area (TPSA) is 0 Å². The van der Waals surface area contributed by atoms with Gasteiger partial charge in [0.2, 0.25) is 0 Å². The van der Waals surface area contributed by atoms with E-state index in [0.29, 0.717) is 0 Å². The van der Waals surface area contributed by atoms with Crippen molar-refractivity contribution >= 4 is 22.6 Å². The van der Waals surface area contributed by atoms with E-state index in [1.54, 1.807) is 0 Å². The first-order valence-corrected chi connectivity index (χ1v) is 5.68. The van der Waals surface area contributed by atoms with Crippen molar-refractivity contribution in [3.63, 3.8) is 0 Å². The second-order valence-electron chi connectivity index (χ2n) is 2.95. The maximum absolute atomic E-state index is 2.44. The molecule has 0 aromatic carbocycles. The lowest BCUT2D eigenvalue weighted by Crippen LogP contribution is -1.73. The summed E-state index contributed by atoms with van der Waals surface area (Å²) in [7, 11) is 0. The molecular formula is C9H15I. The maximum Gasteiger partial charge on any atom is -0.000462 e. The molecular weight excluding hydrogens is 235 g/mol. The molecule has 0 heterocycles. The Morgan fingerprint density at radius 2 is 2.10 bits per heavy atom. The summed E-state index contributed by atoms with van der Waals surface area (Å²) < 4.78 is 1.31. The predicted octanol–water partition coefficient (Wildman–Crippen LogP) is 3.56. The number of unbranched alkanes of at least 4 members (excludes halogenated alkanes) is 2. The van der Waals surface area contributed by atoms with Gasteiger partial charge >= 0.3 is 0 Å². The van der Waals surface area contributed by atoms with Crippen LogP contribution in [0.2, 0.25) is 0 Å². The van der Waals surface area contributed by atoms with E-state index in [0.717, 1.165) is 5.92 Å². The molecule has 0 aromatic heterocycles. The van der Waals surface area contributed by atoms with Gasteiger partial charge in [-0.3, -0.25) is 0 Å². The molecule has 0 spiro atoms. The van der Waals surface area contributed by atoms with Gasteiger partial charge in [0.05, 0.1) is 0 Å². The van der Waals surface area contributed by atoms with Gasteiger partial charge in [0.25, 0.3) is 0 Å². The smallest absolute Gasteiger partial charge is 0.000462 e. The number of hydrogen-bond donors (Lipinski definition) is 0. The highest BCUT2D eigenvalue weighted by Crippen LogP contribution is 2.30. The van der Waals surface area contributed by atoms with Crippen LogP contribution in [0.15, 0.2) is 12.2 Å². The van der Waals surface area contributed by atoms with Crippen LogP contribution in [0.5, 0.6) is 0 Å². The van der Waals surface area contributed by atoms with Crippen molar-refractivity contribution in [2.75, 3.05) is 4.43 Å². The van der Waals surface area contributed by atoms with Crippen molar-refractivity contribution in [1.82, 2.24) is 0 Å². The second kappa shape index (κ2) is 5.16. The van der Waals surface area contributed by atoms with Crippen LogP contribution in [-0.4, -0.2) is 4.43 Å². The van der Waals surface area contributed by atoms with E-state index in [2.05, 4.69) is 34.7 Å². The minimum Gasteiger partial charge on any atom is -0.0883 e. The molecule has 0 radical (unpaired) electrons. The summed E-state index contributed by atoms with van der Waals surface area (Å²) in [5.74, 6) is 0.972. The molecule has 1 fully saturated rings. The number of alkyl halides is 1. The Balaban J connectivity index is 1.83. The first kappa shape index (κ1) is 8.57. The first-order chi connectivity index (χ1) is 4.93. The van der Waals surface area contributed by atoms with Gasteiger partial charge in [0.1, 0.15) is 0 Å². The lowest BCUT2D eigenvalue weighted by molar-refractivity contribution is 0.827. The fourth-order valence-electron chi connectivity index (χ4n) is 0.934. The zero-order valence-electron chi connectivity index (χ0n) is 6.35. The van der Waals surface area contributed by atoms with E-state index < -0.39 is 0 Å². The normalized spacial score (nSPS) is 18.5. The van der Waals surface area contributed by atoms with Crippen LogP contribution >= 0.6 is 22.6 Å². The van der Waals surface area contributed by atoms with Crippen LogP contribution in [0.25, 0.3) is 0 Å². The third-order valence-corrected chi connectivity index (χ3v) is 2.55. The molecule has 1 aliphatic carbocycles. The van der Waals surface area contributed by atoms with Gasteiger partial charge in [0, 0.05) is 0 Å². The van der Waals surface area contributed by atoms with E-state index in [1.165, 1.54) is 36.5 Å². The van der Waals surface area contributed by atoms with Crippen molar-refractivity contribution in [3.8, 4) is 0 Å². The molecule has 1 heteroatoms. The molecule has 0 unspecified atom stereocenters. The highest BCUT2D eigenvalue weighted by Gasteiger charge is 2.16. The van der Waals surface area contributed by atoms with Crippen molar-refractivity contribution in [2.24, 2.45) is 5.92 Å². The quantitative estimate of drug-likeness (QED) is 0.303. The van der Waals surface area contributed by atoms with E-state index >= 15 is 0 Å². The number of rotatable bonds is 5. The third kappa shape index (κ3) is 4.31. The van der Waals surface area contributed by atoms with E-state index in [9.17, 15) is 0 Å². The van der Waals surface area contributed by atoms with Gasteiger partial charge in [-0.25, -0.2) is 0 Å². The van der Waals surface area contributed by atoms with Crippen molar-refractivity contribution < 1.29 is 0 Å². The largest absolute Gasteiger partial charge is 0.0883 e. The molecule has 1 saturated carbocycles. The van der Waals surface area contributed by atoms with Gasteiger partial charge < -0.3 is 0 Å². The molecule has 1 aliphatic rings. The number of halogens is 1. The molecule has 0 bridgehead atoms. The summed E-state index contributed by atoms with van der Waals surface area (Å²) in [4.78, 5) is 0. The highest BCUT2D eigenvalue weighted by molar-refractivity contribution is 14.1. The Bertz CT molecular complexity index is 103. The van der Waals surface area contributed by atoms with E-state index in [4.69, 9.17) is 0 Å². The summed E-state index contributed by atoms with van der Waals surface area (Å²) in [5, 5.41) is 0. The summed E-state index contributed by atoms with van der Waals surface area (Å²) in [6.07, 6.45) is 11.7. The van der Waals surface area contributed by atoms with Crippen molar-refractivity contribution in [2.45, 2.75) is 32.1 Å². The monoisotopic (exact) mass is 250 g/mol. The van der Waals surface area contributed by atoms with Gasteiger partial charge in [0.15, 0.2) is 0 Å². The first-order valence-electron chi connectivity index (χ1n) is 4.16. The predicted molar refractivity (Wildman–Crippen MR) is 54.6 cm³/mol. The maximum atomic E-state index is 2.44. The van der Waals surface area contributed by atoms with Crippen LogP contribution in [0.3, 0.4) is 0 Å². The zero-order chi connectivity index (χ0) is 7.23. The third-order valence-electron chi connectivity index (χ3n) is 1.78. The van der Waals surface area contributed by atoms with Crippen molar-refractivity contribution in [1.29, 1.82) is 0 Å². The molecule has 0 nitrogen and oxygen atoms in total. The SMILES string of the molecule is ICCCC/C=C/C1CC1. The summed E-state index contributed by atoms with van der Waals surface area (Å²) in [5.41, 5.74) is 0. The standard InChI is InChI=1S/C9H15I/c10-8-4-2-1-3-5-9-6-7-9/h3,5,9H,1-2,4,6-8H2/b5-3+. The molecule has 0 aromatic rings. The number of allylic oxidation sites excluding steroid dienone is 2. The molecule has 10 heavy (non-hydrogen) atoms. The summed E-state index contributed by atoms with van der Waals surface area (Å²) in [6, 6.07) is 0. The fraction of sp³-hybridized carbons (Fsp3) is 0.778. The molecule has 0 saturated heterocycles. The van der Waals surface area contributed by atoms with E-state index in [-0.39, 0.29) is 0 Å².